The predicted octanol–water partition coefficient (Wildman–Crippen LogP) is 3.60. The lowest BCUT2D eigenvalue weighted by Crippen LogP contribution is -2.05. The van der Waals surface area contributed by atoms with E-state index in [1.165, 1.54) is 11.8 Å². The standard InChI is InChI=1S/C12H12O2S2/c13-12(14)11-10(7-4-8-15-11)16-9-5-2-1-3-6-9/h1-3,5-6H,4,7-8H2,(H,13,14). The Morgan fingerprint density at radius 2 is 2.06 bits per heavy atom. The molecule has 2 rings (SSSR count). The van der Waals surface area contributed by atoms with Crippen molar-refractivity contribution in [3.8, 4) is 0 Å². The summed E-state index contributed by atoms with van der Waals surface area (Å²) >= 11 is 3.04. The van der Waals surface area contributed by atoms with Crippen LogP contribution < -0.4 is 0 Å². The van der Waals surface area contributed by atoms with E-state index < -0.39 is 5.97 Å². The van der Waals surface area contributed by atoms with Gasteiger partial charge in [0.2, 0.25) is 0 Å². The van der Waals surface area contributed by atoms with Crippen LogP contribution >= 0.6 is 23.5 Å². The summed E-state index contributed by atoms with van der Waals surface area (Å²) in [6, 6.07) is 9.93. The van der Waals surface area contributed by atoms with Crippen LogP contribution in [-0.4, -0.2) is 16.8 Å². The monoisotopic (exact) mass is 252 g/mol. The molecular weight excluding hydrogens is 240 g/mol. The lowest BCUT2D eigenvalue weighted by molar-refractivity contribution is -0.131. The van der Waals surface area contributed by atoms with Gasteiger partial charge >= 0.3 is 5.97 Å². The highest BCUT2D eigenvalue weighted by Crippen LogP contribution is 2.39. The molecule has 1 aliphatic heterocycles. The molecule has 0 unspecified atom stereocenters. The lowest BCUT2D eigenvalue weighted by Gasteiger charge is -2.16. The topological polar surface area (TPSA) is 37.3 Å². The molecule has 4 heteroatoms. The van der Waals surface area contributed by atoms with Crippen LogP contribution in [0.1, 0.15) is 12.8 Å². The highest BCUT2D eigenvalue weighted by atomic mass is 32.2. The molecule has 1 N–H and O–H groups in total. The van der Waals surface area contributed by atoms with Crippen LogP contribution in [-0.2, 0) is 4.79 Å². The van der Waals surface area contributed by atoms with Crippen molar-refractivity contribution in [1.82, 2.24) is 0 Å². The van der Waals surface area contributed by atoms with E-state index >= 15 is 0 Å². The SMILES string of the molecule is O=C(O)C1=C(Sc2ccccc2)CCCS1. The van der Waals surface area contributed by atoms with E-state index in [4.69, 9.17) is 5.11 Å². The molecule has 0 saturated carbocycles. The van der Waals surface area contributed by atoms with Crippen LogP contribution in [0.2, 0.25) is 0 Å². The van der Waals surface area contributed by atoms with Gasteiger partial charge in [0.25, 0.3) is 0 Å². The van der Waals surface area contributed by atoms with Crippen LogP contribution in [0.15, 0.2) is 45.0 Å². The second-order valence-corrected chi connectivity index (χ2v) is 5.70. The number of carboxylic acid groups (broad SMARTS) is 1. The van der Waals surface area contributed by atoms with E-state index in [1.54, 1.807) is 11.8 Å². The number of benzene rings is 1. The Morgan fingerprint density at radius 3 is 2.75 bits per heavy atom. The summed E-state index contributed by atoms with van der Waals surface area (Å²) in [5.74, 6) is 0.128. The Kier molecular flexibility index (Phi) is 3.96. The molecule has 1 aromatic carbocycles. The normalized spacial score (nSPS) is 16.2. The first-order valence-electron chi connectivity index (χ1n) is 5.09. The first-order valence-corrected chi connectivity index (χ1v) is 6.90. The van der Waals surface area contributed by atoms with E-state index in [9.17, 15) is 4.79 Å². The van der Waals surface area contributed by atoms with Crippen molar-refractivity contribution in [2.24, 2.45) is 0 Å². The van der Waals surface area contributed by atoms with Crippen molar-refractivity contribution in [1.29, 1.82) is 0 Å². The van der Waals surface area contributed by atoms with Gasteiger partial charge in [-0.2, -0.15) is 0 Å². The van der Waals surface area contributed by atoms with E-state index in [2.05, 4.69) is 0 Å². The van der Waals surface area contributed by atoms with Gasteiger partial charge in [-0.05, 0) is 30.7 Å². The van der Waals surface area contributed by atoms with Crippen molar-refractivity contribution in [3.05, 3.63) is 40.1 Å². The Bertz CT molecular complexity index is 412. The Morgan fingerprint density at radius 1 is 1.31 bits per heavy atom. The van der Waals surface area contributed by atoms with Crippen LogP contribution in [0.25, 0.3) is 0 Å². The van der Waals surface area contributed by atoms with Crippen LogP contribution in [0.4, 0.5) is 0 Å². The Balaban J connectivity index is 2.21. The molecule has 1 aromatic rings. The molecule has 0 aliphatic carbocycles. The Hall–Kier alpha value is -0.870. The van der Waals surface area contributed by atoms with Gasteiger partial charge in [-0.15, -0.1) is 11.8 Å². The molecular formula is C12H12O2S2. The first kappa shape index (κ1) is 11.6. The molecule has 0 atom stereocenters. The molecule has 0 amide bonds. The summed E-state index contributed by atoms with van der Waals surface area (Å²) in [4.78, 5) is 13.7. The fraction of sp³-hybridized carbons (Fsp3) is 0.250. The molecule has 0 radical (unpaired) electrons. The zero-order valence-corrected chi connectivity index (χ0v) is 10.3. The van der Waals surface area contributed by atoms with Crippen molar-refractivity contribution >= 4 is 29.5 Å². The average Bonchev–Trinajstić information content (AvgIpc) is 2.31. The van der Waals surface area contributed by atoms with Gasteiger partial charge in [0.05, 0.1) is 0 Å². The van der Waals surface area contributed by atoms with E-state index in [0.717, 1.165) is 28.4 Å². The zero-order valence-electron chi connectivity index (χ0n) is 8.68. The van der Waals surface area contributed by atoms with Gasteiger partial charge in [-0.3, -0.25) is 0 Å². The van der Waals surface area contributed by atoms with E-state index in [1.807, 2.05) is 30.3 Å². The number of hydrogen-bond acceptors (Lipinski definition) is 3. The quantitative estimate of drug-likeness (QED) is 0.891. The van der Waals surface area contributed by atoms with Gasteiger partial charge in [0, 0.05) is 9.80 Å². The number of aliphatic carboxylic acids is 1. The van der Waals surface area contributed by atoms with Gasteiger partial charge in [0.1, 0.15) is 4.91 Å². The second-order valence-electron chi connectivity index (χ2n) is 3.42. The van der Waals surface area contributed by atoms with Gasteiger partial charge < -0.3 is 5.11 Å². The molecule has 1 aliphatic rings. The van der Waals surface area contributed by atoms with E-state index in [-0.39, 0.29) is 0 Å². The number of carbonyl (C=O) groups is 1. The molecule has 16 heavy (non-hydrogen) atoms. The minimum atomic E-state index is -0.789. The summed E-state index contributed by atoms with van der Waals surface area (Å²) in [6.07, 6.45) is 1.95. The van der Waals surface area contributed by atoms with Crippen molar-refractivity contribution in [2.75, 3.05) is 5.75 Å². The summed E-state index contributed by atoms with van der Waals surface area (Å²) in [5.41, 5.74) is 0. The first-order chi connectivity index (χ1) is 7.77. The number of allylic oxidation sites excluding steroid dienone is 1. The van der Waals surface area contributed by atoms with Crippen molar-refractivity contribution < 1.29 is 9.90 Å². The highest BCUT2D eigenvalue weighted by Gasteiger charge is 2.19. The summed E-state index contributed by atoms with van der Waals surface area (Å²) in [7, 11) is 0. The van der Waals surface area contributed by atoms with Gasteiger partial charge in [0.15, 0.2) is 0 Å². The number of rotatable bonds is 3. The second kappa shape index (κ2) is 5.46. The van der Waals surface area contributed by atoms with E-state index in [0.29, 0.717) is 4.91 Å². The third-order valence-corrected chi connectivity index (χ3v) is 4.72. The van der Waals surface area contributed by atoms with Crippen LogP contribution in [0, 0.1) is 0 Å². The fourth-order valence-electron chi connectivity index (χ4n) is 1.51. The summed E-state index contributed by atoms with van der Waals surface area (Å²) in [5, 5.41) is 9.09. The molecule has 0 spiro atoms. The smallest absolute Gasteiger partial charge is 0.342 e. The van der Waals surface area contributed by atoms with Crippen LogP contribution in [0.5, 0.6) is 0 Å². The molecule has 1 heterocycles. The maximum Gasteiger partial charge on any atom is 0.342 e. The van der Waals surface area contributed by atoms with Crippen molar-refractivity contribution in [2.45, 2.75) is 17.7 Å². The largest absolute Gasteiger partial charge is 0.477 e. The summed E-state index contributed by atoms with van der Waals surface area (Å²) in [6.45, 7) is 0. The van der Waals surface area contributed by atoms with Gasteiger partial charge in [-0.25, -0.2) is 4.79 Å². The number of hydrogen-bond donors (Lipinski definition) is 1. The molecule has 0 aromatic heterocycles. The minimum Gasteiger partial charge on any atom is -0.477 e. The number of carboxylic acids is 1. The van der Waals surface area contributed by atoms with Crippen LogP contribution in [0.3, 0.4) is 0 Å². The van der Waals surface area contributed by atoms with Gasteiger partial charge in [-0.1, -0.05) is 30.0 Å². The third kappa shape index (κ3) is 2.83. The minimum absolute atomic E-state index is 0.528. The predicted molar refractivity (Wildman–Crippen MR) is 68.7 cm³/mol. The maximum atomic E-state index is 11.1. The molecule has 0 bridgehead atoms. The average molecular weight is 252 g/mol. The summed E-state index contributed by atoms with van der Waals surface area (Å²) < 4.78 is 0. The molecule has 84 valence electrons. The lowest BCUT2D eigenvalue weighted by atomic mass is 10.3. The fourth-order valence-corrected chi connectivity index (χ4v) is 3.70. The Labute approximate surface area is 103 Å². The molecule has 2 nitrogen and oxygen atoms in total. The maximum absolute atomic E-state index is 11.1. The highest BCUT2D eigenvalue weighted by molar-refractivity contribution is 8.07. The zero-order chi connectivity index (χ0) is 11.4. The number of thioether (sulfide) groups is 2. The molecule has 0 saturated heterocycles. The molecule has 0 fully saturated rings. The third-order valence-electron chi connectivity index (χ3n) is 2.23. The van der Waals surface area contributed by atoms with Crippen molar-refractivity contribution in [3.63, 3.8) is 0 Å².